The van der Waals surface area contributed by atoms with Gasteiger partial charge >= 0.3 is 6.61 Å². The highest BCUT2D eigenvalue weighted by Crippen LogP contribution is 2.18. The Morgan fingerprint density at radius 2 is 1.95 bits per heavy atom. The molecule has 1 atom stereocenters. The van der Waals surface area contributed by atoms with Crippen LogP contribution in [0, 0.1) is 0 Å². The number of ether oxygens (including phenoxy) is 1. The monoisotopic (exact) mass is 286 g/mol. The molecule has 0 radical (unpaired) electrons. The number of amides is 1. The van der Waals surface area contributed by atoms with Crippen molar-refractivity contribution < 1.29 is 18.3 Å². The molecule has 0 fully saturated rings. The van der Waals surface area contributed by atoms with E-state index in [4.69, 9.17) is 0 Å². The van der Waals surface area contributed by atoms with Crippen molar-refractivity contribution >= 4 is 5.91 Å². The number of benzene rings is 1. The van der Waals surface area contributed by atoms with Crippen LogP contribution >= 0.6 is 0 Å². The van der Waals surface area contributed by atoms with Gasteiger partial charge in [0.1, 0.15) is 5.75 Å². The van der Waals surface area contributed by atoms with Crippen molar-refractivity contribution in [1.29, 1.82) is 0 Å². The van der Waals surface area contributed by atoms with Crippen molar-refractivity contribution in [2.45, 2.75) is 32.9 Å². The molecule has 0 heterocycles. The van der Waals surface area contributed by atoms with Gasteiger partial charge in [0.25, 0.3) is 0 Å². The average Bonchev–Trinajstić information content (AvgIpc) is 2.39. The van der Waals surface area contributed by atoms with E-state index in [1.807, 2.05) is 13.8 Å². The Morgan fingerprint density at radius 1 is 1.30 bits per heavy atom. The standard InChI is InChI=1S/C14H20F2N2O2/c1-3-17-13(19)8-9-18-10(2)11-4-6-12(7-5-11)20-14(15)16/h4-7,10,14,18H,3,8-9H2,1-2H3,(H,17,19). The molecule has 0 bridgehead atoms. The number of alkyl halides is 2. The number of nitrogens with one attached hydrogen (secondary N) is 2. The van der Waals surface area contributed by atoms with Crippen LogP contribution in [0.1, 0.15) is 31.9 Å². The fourth-order valence-corrected chi connectivity index (χ4v) is 1.74. The Morgan fingerprint density at radius 3 is 2.50 bits per heavy atom. The first-order valence-corrected chi connectivity index (χ1v) is 6.57. The molecule has 0 saturated carbocycles. The highest BCUT2D eigenvalue weighted by molar-refractivity contribution is 5.75. The topological polar surface area (TPSA) is 50.4 Å². The van der Waals surface area contributed by atoms with E-state index in [1.54, 1.807) is 12.1 Å². The van der Waals surface area contributed by atoms with Crippen LogP contribution in [0.25, 0.3) is 0 Å². The summed E-state index contributed by atoms with van der Waals surface area (Å²) in [6, 6.07) is 6.49. The van der Waals surface area contributed by atoms with Crippen LogP contribution in [0.5, 0.6) is 5.75 Å². The molecule has 4 nitrogen and oxygen atoms in total. The van der Waals surface area contributed by atoms with E-state index in [0.717, 1.165) is 5.56 Å². The lowest BCUT2D eigenvalue weighted by Gasteiger charge is -2.14. The average molecular weight is 286 g/mol. The van der Waals surface area contributed by atoms with Gasteiger partial charge in [0.2, 0.25) is 5.91 Å². The first-order chi connectivity index (χ1) is 9.52. The molecule has 1 amide bonds. The summed E-state index contributed by atoms with van der Waals surface area (Å²) in [6.45, 7) is 2.19. The second-order valence-electron chi connectivity index (χ2n) is 4.33. The maximum Gasteiger partial charge on any atom is 0.387 e. The summed E-state index contributed by atoms with van der Waals surface area (Å²) in [5.41, 5.74) is 0.947. The number of carbonyl (C=O) groups is 1. The first-order valence-electron chi connectivity index (χ1n) is 6.57. The molecule has 6 heteroatoms. The summed E-state index contributed by atoms with van der Waals surface area (Å²) < 4.78 is 28.3. The molecular formula is C14H20F2N2O2. The van der Waals surface area contributed by atoms with Crippen molar-refractivity contribution in [3.8, 4) is 5.75 Å². The molecule has 1 aromatic carbocycles. The number of halogens is 2. The fraction of sp³-hybridized carbons (Fsp3) is 0.500. The lowest BCUT2D eigenvalue weighted by molar-refractivity contribution is -0.120. The van der Waals surface area contributed by atoms with E-state index < -0.39 is 6.61 Å². The molecule has 0 aliphatic carbocycles. The smallest absolute Gasteiger partial charge is 0.387 e. The molecule has 112 valence electrons. The number of carbonyl (C=O) groups excluding carboxylic acids is 1. The molecule has 0 saturated heterocycles. The van der Waals surface area contributed by atoms with Gasteiger partial charge in [-0.05, 0) is 31.5 Å². The molecule has 0 aliphatic rings. The van der Waals surface area contributed by atoms with Gasteiger partial charge in [-0.15, -0.1) is 0 Å². The predicted molar refractivity (Wildman–Crippen MR) is 72.8 cm³/mol. The van der Waals surface area contributed by atoms with Crippen molar-refractivity contribution in [2.24, 2.45) is 0 Å². The summed E-state index contributed by atoms with van der Waals surface area (Å²) in [4.78, 5) is 11.3. The number of hydrogen-bond donors (Lipinski definition) is 2. The zero-order valence-corrected chi connectivity index (χ0v) is 11.7. The third-order valence-corrected chi connectivity index (χ3v) is 2.78. The molecule has 0 aromatic heterocycles. The minimum atomic E-state index is -2.81. The number of rotatable bonds is 8. The highest BCUT2D eigenvalue weighted by Gasteiger charge is 2.08. The minimum Gasteiger partial charge on any atom is -0.435 e. The quantitative estimate of drug-likeness (QED) is 0.772. The minimum absolute atomic E-state index is 0.00730. The molecular weight excluding hydrogens is 266 g/mol. The summed E-state index contributed by atoms with van der Waals surface area (Å²) >= 11 is 0. The van der Waals surface area contributed by atoms with Crippen LogP contribution in [-0.2, 0) is 4.79 Å². The zero-order chi connectivity index (χ0) is 15.0. The van der Waals surface area contributed by atoms with Crippen LogP contribution in [0.4, 0.5) is 8.78 Å². The molecule has 1 aromatic rings. The largest absolute Gasteiger partial charge is 0.435 e. The molecule has 0 spiro atoms. The van der Waals surface area contributed by atoms with Crippen molar-refractivity contribution in [3.05, 3.63) is 29.8 Å². The summed E-state index contributed by atoms with van der Waals surface area (Å²) in [6.07, 6.45) is 0.407. The van der Waals surface area contributed by atoms with Crippen LogP contribution < -0.4 is 15.4 Å². The van der Waals surface area contributed by atoms with Gasteiger partial charge in [-0.25, -0.2) is 0 Å². The van der Waals surface area contributed by atoms with Gasteiger partial charge in [-0.2, -0.15) is 8.78 Å². The van der Waals surface area contributed by atoms with E-state index in [1.165, 1.54) is 12.1 Å². The van der Waals surface area contributed by atoms with Crippen molar-refractivity contribution in [3.63, 3.8) is 0 Å². The van der Waals surface area contributed by atoms with E-state index in [9.17, 15) is 13.6 Å². The Labute approximate surface area is 117 Å². The second-order valence-corrected chi connectivity index (χ2v) is 4.33. The summed E-state index contributed by atoms with van der Waals surface area (Å²) in [5.74, 6) is 0.145. The van der Waals surface area contributed by atoms with E-state index in [-0.39, 0.29) is 17.7 Å². The SMILES string of the molecule is CCNC(=O)CCNC(C)c1ccc(OC(F)F)cc1. The summed E-state index contributed by atoms with van der Waals surface area (Å²) in [7, 11) is 0. The lowest BCUT2D eigenvalue weighted by atomic mass is 10.1. The van der Waals surface area contributed by atoms with Gasteiger partial charge in [0.15, 0.2) is 0 Å². The van der Waals surface area contributed by atoms with Gasteiger partial charge in [-0.1, -0.05) is 12.1 Å². The zero-order valence-electron chi connectivity index (χ0n) is 11.7. The van der Waals surface area contributed by atoms with E-state index >= 15 is 0 Å². The van der Waals surface area contributed by atoms with Crippen molar-refractivity contribution in [1.82, 2.24) is 10.6 Å². The Balaban J connectivity index is 2.39. The maximum atomic E-state index is 12.0. The molecule has 0 aliphatic heterocycles. The third kappa shape index (κ3) is 5.97. The fourth-order valence-electron chi connectivity index (χ4n) is 1.74. The Hall–Kier alpha value is -1.69. The van der Waals surface area contributed by atoms with Gasteiger partial charge in [0.05, 0.1) is 0 Å². The Kier molecular flexibility index (Phi) is 6.93. The van der Waals surface area contributed by atoms with Crippen molar-refractivity contribution in [2.75, 3.05) is 13.1 Å². The maximum absolute atomic E-state index is 12.0. The normalized spacial score (nSPS) is 12.2. The van der Waals surface area contributed by atoms with E-state index in [0.29, 0.717) is 19.5 Å². The van der Waals surface area contributed by atoms with E-state index in [2.05, 4.69) is 15.4 Å². The first kappa shape index (κ1) is 16.4. The van der Waals surface area contributed by atoms with Gasteiger partial charge < -0.3 is 15.4 Å². The summed E-state index contributed by atoms with van der Waals surface area (Å²) in [5, 5.41) is 5.92. The van der Waals surface area contributed by atoms with Crippen LogP contribution in [-0.4, -0.2) is 25.6 Å². The van der Waals surface area contributed by atoms with Crippen LogP contribution in [0.3, 0.4) is 0 Å². The van der Waals surface area contributed by atoms with Crippen LogP contribution in [0.15, 0.2) is 24.3 Å². The van der Waals surface area contributed by atoms with Gasteiger partial charge in [-0.3, -0.25) is 4.79 Å². The lowest BCUT2D eigenvalue weighted by Crippen LogP contribution is -2.28. The second kappa shape index (κ2) is 8.47. The molecule has 20 heavy (non-hydrogen) atoms. The molecule has 2 N–H and O–H groups in total. The molecule has 1 unspecified atom stereocenters. The highest BCUT2D eigenvalue weighted by atomic mass is 19.3. The van der Waals surface area contributed by atoms with Crippen LogP contribution in [0.2, 0.25) is 0 Å². The van der Waals surface area contributed by atoms with Gasteiger partial charge in [0, 0.05) is 25.6 Å². The molecule has 1 rings (SSSR count). The number of hydrogen-bond acceptors (Lipinski definition) is 3. The predicted octanol–water partition coefficient (Wildman–Crippen LogP) is 2.46. The Bertz CT molecular complexity index is 410. The third-order valence-electron chi connectivity index (χ3n) is 2.78.